The Morgan fingerprint density at radius 3 is 2.61 bits per heavy atom. The zero-order valence-corrected chi connectivity index (χ0v) is 17.4. The van der Waals surface area contributed by atoms with Gasteiger partial charge in [0.15, 0.2) is 0 Å². The van der Waals surface area contributed by atoms with Crippen LogP contribution in [0.1, 0.15) is 31.7 Å². The highest BCUT2D eigenvalue weighted by atomic mass is 16.5. The smallest absolute Gasteiger partial charge is 0.226 e. The van der Waals surface area contributed by atoms with Crippen LogP contribution in [0.4, 0.5) is 0 Å². The van der Waals surface area contributed by atoms with Crippen molar-refractivity contribution in [2.45, 2.75) is 38.6 Å². The summed E-state index contributed by atoms with van der Waals surface area (Å²) in [4.78, 5) is 17.5. The number of aliphatic hydroxyl groups is 1. The van der Waals surface area contributed by atoms with Crippen LogP contribution in [0.25, 0.3) is 0 Å². The minimum atomic E-state index is -0.0560. The van der Waals surface area contributed by atoms with Gasteiger partial charge >= 0.3 is 0 Å². The van der Waals surface area contributed by atoms with E-state index in [-0.39, 0.29) is 24.5 Å². The molecule has 1 aromatic rings. The summed E-state index contributed by atoms with van der Waals surface area (Å²) in [5.41, 5.74) is 1.35. The lowest BCUT2D eigenvalue weighted by atomic mass is 9.88. The highest BCUT2D eigenvalue weighted by Gasteiger charge is 2.44. The summed E-state index contributed by atoms with van der Waals surface area (Å²) in [6.07, 6.45) is 3.69. The molecule has 2 saturated heterocycles. The Morgan fingerprint density at radius 2 is 1.96 bits per heavy atom. The van der Waals surface area contributed by atoms with Gasteiger partial charge in [-0.05, 0) is 43.7 Å². The minimum Gasteiger partial charge on any atom is -0.394 e. The van der Waals surface area contributed by atoms with Gasteiger partial charge in [-0.15, -0.1) is 0 Å². The molecule has 1 aromatic carbocycles. The van der Waals surface area contributed by atoms with E-state index in [2.05, 4.69) is 43.1 Å². The van der Waals surface area contributed by atoms with Crippen molar-refractivity contribution >= 4 is 5.91 Å². The largest absolute Gasteiger partial charge is 0.394 e. The number of amides is 1. The fourth-order valence-corrected chi connectivity index (χ4v) is 4.85. The fourth-order valence-electron chi connectivity index (χ4n) is 4.85. The van der Waals surface area contributed by atoms with Crippen molar-refractivity contribution in [3.05, 3.63) is 35.9 Å². The van der Waals surface area contributed by atoms with Crippen LogP contribution in [0.15, 0.2) is 30.3 Å². The summed E-state index contributed by atoms with van der Waals surface area (Å²) >= 11 is 0. The Morgan fingerprint density at radius 1 is 1.25 bits per heavy atom. The summed E-state index contributed by atoms with van der Waals surface area (Å²) in [7, 11) is 2.16. The van der Waals surface area contributed by atoms with Crippen molar-refractivity contribution in [2.75, 3.05) is 46.5 Å². The van der Waals surface area contributed by atoms with Crippen molar-refractivity contribution in [1.82, 2.24) is 9.80 Å². The van der Waals surface area contributed by atoms with E-state index < -0.39 is 0 Å². The van der Waals surface area contributed by atoms with Crippen molar-refractivity contribution in [2.24, 2.45) is 17.8 Å². The molecule has 0 aliphatic carbocycles. The van der Waals surface area contributed by atoms with Crippen molar-refractivity contribution < 1.29 is 14.6 Å². The van der Waals surface area contributed by atoms with Crippen LogP contribution < -0.4 is 0 Å². The zero-order chi connectivity index (χ0) is 19.9. The van der Waals surface area contributed by atoms with Crippen LogP contribution in [0.5, 0.6) is 0 Å². The zero-order valence-electron chi connectivity index (χ0n) is 17.4. The number of benzene rings is 1. The number of aliphatic hydroxyl groups excluding tert-OH is 1. The lowest BCUT2D eigenvalue weighted by Gasteiger charge is -2.32. The molecular weight excluding hydrogens is 352 g/mol. The molecule has 0 spiro atoms. The summed E-state index contributed by atoms with van der Waals surface area (Å²) in [6, 6.07) is 10.5. The predicted molar refractivity (Wildman–Crippen MR) is 111 cm³/mol. The van der Waals surface area contributed by atoms with Gasteiger partial charge in [-0.25, -0.2) is 0 Å². The molecular formula is C23H36N2O3. The predicted octanol–water partition coefficient (Wildman–Crippen LogP) is 2.43. The summed E-state index contributed by atoms with van der Waals surface area (Å²) < 4.78 is 5.42. The summed E-state index contributed by atoms with van der Waals surface area (Å²) in [6.45, 7) is 6.32. The molecule has 2 fully saturated rings. The second-order valence-electron chi connectivity index (χ2n) is 8.46. The number of carbonyl (C=O) groups is 1. The Balaban J connectivity index is 1.60. The van der Waals surface area contributed by atoms with Crippen molar-refractivity contribution in [1.29, 1.82) is 0 Å². The quantitative estimate of drug-likeness (QED) is 0.743. The second kappa shape index (κ2) is 10.4. The van der Waals surface area contributed by atoms with Gasteiger partial charge in [0, 0.05) is 38.8 Å². The standard InChI is InChI=1S/C23H36N2O3/c1-3-19-15-25(23(27)20-10-13-28-14-11-20)22(17-26)21(19)16-24(2)12-9-18-7-5-4-6-8-18/h4-8,19-22,26H,3,9-17H2,1-2H3/t19-,21-,22-/m1/s1. The Bertz CT molecular complexity index is 603. The first-order valence-corrected chi connectivity index (χ1v) is 10.9. The molecule has 3 rings (SSSR count). The normalized spacial score (nSPS) is 26.1. The molecule has 2 heterocycles. The van der Waals surface area contributed by atoms with Gasteiger partial charge in [-0.2, -0.15) is 0 Å². The monoisotopic (exact) mass is 388 g/mol. The number of hydrogen-bond acceptors (Lipinski definition) is 4. The third kappa shape index (κ3) is 5.13. The van der Waals surface area contributed by atoms with Crippen LogP contribution in [-0.4, -0.2) is 73.4 Å². The van der Waals surface area contributed by atoms with E-state index in [1.807, 2.05) is 11.0 Å². The lowest BCUT2D eigenvalue weighted by Crippen LogP contribution is -2.46. The van der Waals surface area contributed by atoms with E-state index in [1.54, 1.807) is 0 Å². The first-order chi connectivity index (χ1) is 13.6. The van der Waals surface area contributed by atoms with E-state index in [4.69, 9.17) is 4.74 Å². The van der Waals surface area contributed by atoms with Gasteiger partial charge in [0.2, 0.25) is 5.91 Å². The molecule has 0 saturated carbocycles. The van der Waals surface area contributed by atoms with E-state index in [0.29, 0.717) is 25.0 Å². The maximum atomic E-state index is 13.1. The van der Waals surface area contributed by atoms with Crippen molar-refractivity contribution in [3.8, 4) is 0 Å². The van der Waals surface area contributed by atoms with Crippen LogP contribution in [0.3, 0.4) is 0 Å². The Labute approximate surface area is 169 Å². The van der Waals surface area contributed by atoms with Gasteiger partial charge in [-0.3, -0.25) is 4.79 Å². The molecule has 1 amide bonds. The number of hydrogen-bond donors (Lipinski definition) is 1. The molecule has 0 bridgehead atoms. The molecule has 5 nitrogen and oxygen atoms in total. The number of carbonyl (C=O) groups excluding carboxylic acids is 1. The second-order valence-corrected chi connectivity index (χ2v) is 8.46. The van der Waals surface area contributed by atoms with Crippen LogP contribution >= 0.6 is 0 Å². The van der Waals surface area contributed by atoms with Gasteiger partial charge in [-0.1, -0.05) is 43.7 Å². The van der Waals surface area contributed by atoms with E-state index in [9.17, 15) is 9.90 Å². The first kappa shape index (κ1) is 21.3. The highest BCUT2D eigenvalue weighted by molar-refractivity contribution is 5.79. The topological polar surface area (TPSA) is 53.0 Å². The summed E-state index contributed by atoms with van der Waals surface area (Å²) in [5, 5.41) is 10.2. The number of nitrogens with zero attached hydrogens (tertiary/aromatic N) is 2. The van der Waals surface area contributed by atoms with E-state index in [1.165, 1.54) is 5.56 Å². The Kier molecular flexibility index (Phi) is 7.89. The molecule has 0 unspecified atom stereocenters. The maximum absolute atomic E-state index is 13.1. The molecule has 0 aromatic heterocycles. The van der Waals surface area contributed by atoms with Gasteiger partial charge < -0.3 is 19.6 Å². The van der Waals surface area contributed by atoms with E-state index in [0.717, 1.165) is 45.3 Å². The van der Waals surface area contributed by atoms with Gasteiger partial charge in [0.05, 0.1) is 12.6 Å². The highest BCUT2D eigenvalue weighted by Crippen LogP contribution is 2.34. The lowest BCUT2D eigenvalue weighted by molar-refractivity contribution is -0.140. The molecule has 28 heavy (non-hydrogen) atoms. The van der Waals surface area contributed by atoms with Crippen LogP contribution in [-0.2, 0) is 16.0 Å². The molecule has 2 aliphatic heterocycles. The van der Waals surface area contributed by atoms with Gasteiger partial charge in [0.25, 0.3) is 0 Å². The first-order valence-electron chi connectivity index (χ1n) is 10.9. The summed E-state index contributed by atoms with van der Waals surface area (Å²) in [5.74, 6) is 1.09. The van der Waals surface area contributed by atoms with E-state index >= 15 is 0 Å². The molecule has 5 heteroatoms. The fraction of sp³-hybridized carbons (Fsp3) is 0.696. The van der Waals surface area contributed by atoms with Crippen LogP contribution in [0, 0.1) is 17.8 Å². The average molecular weight is 389 g/mol. The third-order valence-corrected chi connectivity index (χ3v) is 6.64. The molecule has 156 valence electrons. The Hall–Kier alpha value is -1.43. The molecule has 1 N–H and O–H groups in total. The number of likely N-dealkylation sites (tertiary alicyclic amines) is 1. The number of ether oxygens (including phenoxy) is 1. The number of rotatable bonds is 8. The third-order valence-electron chi connectivity index (χ3n) is 6.64. The minimum absolute atomic E-state index is 0.0560. The van der Waals surface area contributed by atoms with Gasteiger partial charge in [0.1, 0.15) is 0 Å². The molecule has 3 atom stereocenters. The SMILES string of the molecule is CC[C@@H]1CN(C(=O)C2CCOCC2)[C@H](CO)[C@@H]1CN(C)CCc1ccccc1. The molecule has 2 aliphatic rings. The number of likely N-dealkylation sites (N-methyl/N-ethyl adjacent to an activating group) is 1. The maximum Gasteiger partial charge on any atom is 0.226 e. The van der Waals surface area contributed by atoms with Crippen LogP contribution in [0.2, 0.25) is 0 Å². The molecule has 0 radical (unpaired) electrons. The average Bonchev–Trinajstić information content (AvgIpc) is 3.10. The van der Waals surface area contributed by atoms with Crippen molar-refractivity contribution in [3.63, 3.8) is 0 Å².